The van der Waals surface area contributed by atoms with E-state index in [1.807, 2.05) is 23.9 Å². The minimum absolute atomic E-state index is 0.412. The highest BCUT2D eigenvalue weighted by Gasteiger charge is 2.23. The number of rotatable bonds is 2. The fourth-order valence-corrected chi connectivity index (χ4v) is 3.61. The number of hydrogen-bond donors (Lipinski definition) is 1. The summed E-state index contributed by atoms with van der Waals surface area (Å²) in [5.74, 6) is 2.61. The van der Waals surface area contributed by atoms with Crippen molar-refractivity contribution in [3.63, 3.8) is 0 Å². The Hall–Kier alpha value is -1.01. The van der Waals surface area contributed by atoms with Crippen LogP contribution < -0.4 is 5.73 Å². The average Bonchev–Trinajstić information content (AvgIpc) is 2.97. The van der Waals surface area contributed by atoms with Crippen LogP contribution in [0.3, 0.4) is 0 Å². The van der Waals surface area contributed by atoms with Gasteiger partial charge in [-0.15, -0.1) is 11.3 Å². The highest BCUT2D eigenvalue weighted by molar-refractivity contribution is 7.99. The maximum absolute atomic E-state index is 5.67. The highest BCUT2D eigenvalue weighted by Crippen LogP contribution is 2.39. The van der Waals surface area contributed by atoms with Gasteiger partial charge in [0.25, 0.3) is 5.89 Å². The number of thioether (sulfide) groups is 1. The first-order chi connectivity index (χ1) is 7.83. The topological polar surface area (TPSA) is 64.9 Å². The van der Waals surface area contributed by atoms with Crippen molar-refractivity contribution in [3.8, 4) is 10.8 Å². The van der Waals surface area contributed by atoms with Gasteiger partial charge in [-0.25, -0.2) is 0 Å². The predicted octanol–water partition coefficient (Wildman–Crippen LogP) is 2.95. The molecule has 0 radical (unpaired) electrons. The first-order valence-corrected chi connectivity index (χ1v) is 7.00. The number of thiophene rings is 1. The van der Waals surface area contributed by atoms with E-state index in [1.165, 1.54) is 23.5 Å². The van der Waals surface area contributed by atoms with E-state index in [0.29, 0.717) is 11.1 Å². The second-order valence-electron chi connectivity index (χ2n) is 3.66. The van der Waals surface area contributed by atoms with Crippen LogP contribution in [0.25, 0.3) is 10.8 Å². The Labute approximate surface area is 101 Å². The van der Waals surface area contributed by atoms with Crippen LogP contribution in [0.15, 0.2) is 16.7 Å². The summed E-state index contributed by atoms with van der Waals surface area (Å²) < 4.78 is 5.26. The number of nitrogens with two attached hydrogens (primary N) is 1. The van der Waals surface area contributed by atoms with Crippen molar-refractivity contribution < 1.29 is 4.52 Å². The molecule has 2 aromatic rings. The molecule has 6 heteroatoms. The molecule has 4 nitrogen and oxygen atoms in total. The lowest BCUT2D eigenvalue weighted by Gasteiger charge is -1.98. The summed E-state index contributed by atoms with van der Waals surface area (Å²) in [5, 5.41) is 5.22. The van der Waals surface area contributed by atoms with Crippen LogP contribution in [0, 0.1) is 0 Å². The van der Waals surface area contributed by atoms with Gasteiger partial charge in [0, 0.05) is 0 Å². The molecule has 2 N–H and O–H groups in total. The van der Waals surface area contributed by atoms with E-state index in [4.69, 9.17) is 10.3 Å². The molecule has 3 rings (SSSR count). The van der Waals surface area contributed by atoms with Crippen molar-refractivity contribution in [2.45, 2.75) is 18.1 Å². The van der Waals surface area contributed by atoms with Gasteiger partial charge in [0.1, 0.15) is 0 Å². The average molecular weight is 253 g/mol. The monoisotopic (exact) mass is 253 g/mol. The largest absolute Gasteiger partial charge is 0.391 e. The van der Waals surface area contributed by atoms with Crippen molar-refractivity contribution in [1.82, 2.24) is 10.1 Å². The molecule has 0 amide bonds. The summed E-state index contributed by atoms with van der Waals surface area (Å²) in [4.78, 5) is 5.38. The Morgan fingerprint density at radius 1 is 1.44 bits per heavy atom. The number of hydrogen-bond acceptors (Lipinski definition) is 6. The second kappa shape index (κ2) is 4.10. The van der Waals surface area contributed by atoms with E-state index >= 15 is 0 Å². The Morgan fingerprint density at radius 2 is 2.38 bits per heavy atom. The standard InChI is InChI=1S/C10H11N3OS2/c11-8-4-3-7(16-8)10-12-9(13-14-10)6-2-1-5-15-6/h3-4,6H,1-2,5,11H2. The molecule has 1 aliphatic rings. The van der Waals surface area contributed by atoms with Crippen LogP contribution >= 0.6 is 23.1 Å². The summed E-state index contributed by atoms with van der Waals surface area (Å²) in [5.41, 5.74) is 5.67. The maximum Gasteiger partial charge on any atom is 0.268 e. The molecular weight excluding hydrogens is 242 g/mol. The van der Waals surface area contributed by atoms with E-state index in [9.17, 15) is 0 Å². The van der Waals surface area contributed by atoms with Gasteiger partial charge in [0.05, 0.1) is 15.1 Å². The summed E-state index contributed by atoms with van der Waals surface area (Å²) in [6.07, 6.45) is 2.39. The van der Waals surface area contributed by atoms with Gasteiger partial charge >= 0.3 is 0 Å². The summed E-state index contributed by atoms with van der Waals surface area (Å²) in [7, 11) is 0. The van der Waals surface area contributed by atoms with Crippen LogP contribution in [-0.4, -0.2) is 15.9 Å². The van der Waals surface area contributed by atoms with Crippen LogP contribution in [-0.2, 0) is 0 Å². The van der Waals surface area contributed by atoms with Gasteiger partial charge in [0.2, 0.25) is 0 Å². The zero-order valence-electron chi connectivity index (χ0n) is 8.55. The fraction of sp³-hybridized carbons (Fsp3) is 0.400. The van der Waals surface area contributed by atoms with E-state index in [2.05, 4.69) is 10.1 Å². The molecule has 16 heavy (non-hydrogen) atoms. The summed E-state index contributed by atoms with van der Waals surface area (Å²) in [6, 6.07) is 3.77. The van der Waals surface area contributed by atoms with Crippen LogP contribution in [0.1, 0.15) is 23.9 Å². The van der Waals surface area contributed by atoms with Crippen molar-refractivity contribution in [2.24, 2.45) is 0 Å². The molecule has 2 aromatic heterocycles. The minimum Gasteiger partial charge on any atom is -0.391 e. The van der Waals surface area contributed by atoms with Crippen LogP contribution in [0.4, 0.5) is 5.00 Å². The van der Waals surface area contributed by atoms with Crippen LogP contribution in [0.5, 0.6) is 0 Å². The summed E-state index contributed by atoms with van der Waals surface area (Å²) >= 11 is 3.37. The van der Waals surface area contributed by atoms with Crippen molar-refractivity contribution in [3.05, 3.63) is 18.0 Å². The molecule has 3 heterocycles. The van der Waals surface area contributed by atoms with Gasteiger partial charge in [-0.2, -0.15) is 16.7 Å². The third-order valence-electron chi connectivity index (χ3n) is 2.50. The van der Waals surface area contributed by atoms with E-state index < -0.39 is 0 Å². The molecule has 0 saturated carbocycles. The van der Waals surface area contributed by atoms with Crippen LogP contribution in [0.2, 0.25) is 0 Å². The molecular formula is C10H11N3OS2. The zero-order valence-corrected chi connectivity index (χ0v) is 10.2. The fourth-order valence-electron chi connectivity index (χ4n) is 1.71. The first-order valence-electron chi connectivity index (χ1n) is 5.14. The lowest BCUT2D eigenvalue weighted by molar-refractivity contribution is 0.422. The summed E-state index contributed by atoms with van der Waals surface area (Å²) in [6.45, 7) is 0. The molecule has 0 aromatic carbocycles. The molecule has 1 unspecified atom stereocenters. The Morgan fingerprint density at radius 3 is 3.06 bits per heavy atom. The normalized spacial score (nSPS) is 20.4. The highest BCUT2D eigenvalue weighted by atomic mass is 32.2. The first kappa shape index (κ1) is 10.2. The second-order valence-corrected chi connectivity index (χ2v) is 6.09. The SMILES string of the molecule is Nc1ccc(-c2nc(C3CCCS3)no2)s1. The molecule has 0 bridgehead atoms. The number of nitrogens with zero attached hydrogens (tertiary/aromatic N) is 2. The number of aromatic nitrogens is 2. The third kappa shape index (κ3) is 1.82. The van der Waals surface area contributed by atoms with Gasteiger partial charge in [0.15, 0.2) is 5.82 Å². The molecule has 1 saturated heterocycles. The van der Waals surface area contributed by atoms with Crippen molar-refractivity contribution in [1.29, 1.82) is 0 Å². The molecule has 0 spiro atoms. The number of nitrogen functional groups attached to an aromatic ring is 1. The molecule has 1 atom stereocenters. The predicted molar refractivity (Wildman–Crippen MR) is 66.5 cm³/mol. The minimum atomic E-state index is 0.412. The van der Waals surface area contributed by atoms with Crippen molar-refractivity contribution in [2.75, 3.05) is 11.5 Å². The molecule has 1 aliphatic heterocycles. The maximum atomic E-state index is 5.67. The third-order valence-corrected chi connectivity index (χ3v) is 4.77. The smallest absolute Gasteiger partial charge is 0.268 e. The van der Waals surface area contributed by atoms with Gasteiger partial charge in [-0.1, -0.05) is 5.16 Å². The Balaban J connectivity index is 1.87. The number of anilines is 1. The van der Waals surface area contributed by atoms with Gasteiger partial charge in [-0.3, -0.25) is 0 Å². The lowest BCUT2D eigenvalue weighted by atomic mass is 10.2. The van der Waals surface area contributed by atoms with Crippen molar-refractivity contribution >= 4 is 28.1 Å². The Kier molecular flexibility index (Phi) is 2.61. The van der Waals surface area contributed by atoms with E-state index in [1.54, 1.807) is 0 Å². The van der Waals surface area contributed by atoms with E-state index in [0.717, 1.165) is 22.1 Å². The molecule has 1 fully saturated rings. The van der Waals surface area contributed by atoms with Gasteiger partial charge < -0.3 is 10.3 Å². The lowest BCUT2D eigenvalue weighted by Crippen LogP contribution is -1.90. The Bertz CT molecular complexity index is 488. The zero-order chi connectivity index (χ0) is 11.0. The molecule has 0 aliphatic carbocycles. The van der Waals surface area contributed by atoms with E-state index in [-0.39, 0.29) is 0 Å². The van der Waals surface area contributed by atoms with Gasteiger partial charge in [-0.05, 0) is 30.7 Å². The molecule has 84 valence electrons. The quantitative estimate of drug-likeness (QED) is 0.891.